The second-order valence-electron chi connectivity index (χ2n) is 8.54. The van der Waals surface area contributed by atoms with Gasteiger partial charge in [0, 0.05) is 39.1 Å². The number of thiazole rings is 1. The Labute approximate surface area is 197 Å². The van der Waals surface area contributed by atoms with Gasteiger partial charge in [0.05, 0.1) is 42.1 Å². The summed E-state index contributed by atoms with van der Waals surface area (Å²) >= 11 is 1.69. The SMILES string of the molecule is COc1ccc(N2CCOCC2)c2sc(-c3nc4c([nH]3)CN(Cc3ccccc3)CC4)nc12. The van der Waals surface area contributed by atoms with Gasteiger partial charge in [-0.3, -0.25) is 4.90 Å². The van der Waals surface area contributed by atoms with Gasteiger partial charge < -0.3 is 19.4 Å². The Kier molecular flexibility index (Phi) is 5.49. The molecule has 7 nitrogen and oxygen atoms in total. The second-order valence-corrected chi connectivity index (χ2v) is 9.54. The molecule has 1 saturated heterocycles. The number of benzene rings is 2. The van der Waals surface area contributed by atoms with Gasteiger partial charge in [-0.05, 0) is 17.7 Å². The smallest absolute Gasteiger partial charge is 0.167 e. The molecule has 0 spiro atoms. The highest BCUT2D eigenvalue weighted by molar-refractivity contribution is 7.22. The molecule has 8 heteroatoms. The van der Waals surface area contributed by atoms with Gasteiger partial charge in [0.1, 0.15) is 11.3 Å². The fourth-order valence-electron chi connectivity index (χ4n) is 4.72. The van der Waals surface area contributed by atoms with Gasteiger partial charge in [0.2, 0.25) is 0 Å². The summed E-state index contributed by atoms with van der Waals surface area (Å²) < 4.78 is 12.3. The number of imidazole rings is 1. The molecule has 33 heavy (non-hydrogen) atoms. The molecule has 0 bridgehead atoms. The highest BCUT2D eigenvalue weighted by atomic mass is 32.1. The van der Waals surface area contributed by atoms with Crippen LogP contribution in [0.3, 0.4) is 0 Å². The van der Waals surface area contributed by atoms with Crippen LogP contribution in [-0.4, -0.2) is 59.8 Å². The zero-order chi connectivity index (χ0) is 22.2. The van der Waals surface area contributed by atoms with Gasteiger partial charge in [0.25, 0.3) is 0 Å². The molecule has 2 aliphatic rings. The Hall–Kier alpha value is -2.94. The van der Waals surface area contributed by atoms with Crippen LogP contribution in [0.5, 0.6) is 5.75 Å². The third-order valence-electron chi connectivity index (χ3n) is 6.42. The third-order valence-corrected chi connectivity index (χ3v) is 7.50. The normalized spacial score (nSPS) is 16.8. The molecule has 2 aromatic carbocycles. The first-order valence-corrected chi connectivity index (χ1v) is 12.2. The van der Waals surface area contributed by atoms with E-state index in [0.717, 1.165) is 84.9 Å². The van der Waals surface area contributed by atoms with E-state index in [1.165, 1.54) is 16.9 Å². The number of rotatable bonds is 5. The minimum Gasteiger partial charge on any atom is -0.494 e. The van der Waals surface area contributed by atoms with Gasteiger partial charge in [-0.2, -0.15) is 0 Å². The van der Waals surface area contributed by atoms with Crippen molar-refractivity contribution in [3.05, 3.63) is 59.4 Å². The topological polar surface area (TPSA) is 66.5 Å². The first-order valence-electron chi connectivity index (χ1n) is 11.4. The Morgan fingerprint density at radius 3 is 2.73 bits per heavy atom. The maximum Gasteiger partial charge on any atom is 0.167 e. The summed E-state index contributed by atoms with van der Waals surface area (Å²) in [5.74, 6) is 1.66. The molecule has 0 aliphatic carbocycles. The Balaban J connectivity index is 1.31. The van der Waals surface area contributed by atoms with Gasteiger partial charge in [-0.15, -0.1) is 11.3 Å². The van der Waals surface area contributed by atoms with E-state index in [9.17, 15) is 0 Å². The molecule has 2 aliphatic heterocycles. The average Bonchev–Trinajstić information content (AvgIpc) is 3.49. The molecule has 1 fully saturated rings. The van der Waals surface area contributed by atoms with Crippen LogP contribution in [0, 0.1) is 0 Å². The van der Waals surface area contributed by atoms with Gasteiger partial charge in [0.15, 0.2) is 10.8 Å². The Bertz CT molecular complexity index is 1260. The van der Waals surface area contributed by atoms with Gasteiger partial charge in [-0.1, -0.05) is 30.3 Å². The minimum absolute atomic E-state index is 0.754. The number of ether oxygens (including phenoxy) is 2. The van der Waals surface area contributed by atoms with Crippen molar-refractivity contribution < 1.29 is 9.47 Å². The van der Waals surface area contributed by atoms with Gasteiger partial charge in [-0.25, -0.2) is 9.97 Å². The molecule has 0 saturated carbocycles. The predicted octanol–water partition coefficient (Wildman–Crippen LogP) is 4.09. The minimum atomic E-state index is 0.754. The number of fused-ring (bicyclic) bond motifs is 2. The van der Waals surface area contributed by atoms with Crippen molar-refractivity contribution in [1.29, 1.82) is 0 Å². The third kappa shape index (κ3) is 3.99. The summed E-state index contributed by atoms with van der Waals surface area (Å²) in [5.41, 5.74) is 5.81. The Morgan fingerprint density at radius 2 is 1.91 bits per heavy atom. The van der Waals surface area contributed by atoms with Crippen LogP contribution in [-0.2, 0) is 24.2 Å². The van der Waals surface area contributed by atoms with E-state index in [1.807, 2.05) is 6.07 Å². The lowest BCUT2D eigenvalue weighted by Gasteiger charge is -2.29. The zero-order valence-corrected chi connectivity index (χ0v) is 19.5. The number of nitrogens with zero attached hydrogens (tertiary/aromatic N) is 4. The van der Waals surface area contributed by atoms with Crippen molar-refractivity contribution in [2.45, 2.75) is 19.5 Å². The maximum absolute atomic E-state index is 5.63. The fourth-order valence-corrected chi connectivity index (χ4v) is 5.79. The highest BCUT2D eigenvalue weighted by Gasteiger charge is 2.24. The quantitative estimate of drug-likeness (QED) is 0.483. The van der Waals surface area contributed by atoms with Gasteiger partial charge >= 0.3 is 0 Å². The lowest BCUT2D eigenvalue weighted by Crippen LogP contribution is -2.36. The average molecular weight is 462 g/mol. The van der Waals surface area contributed by atoms with Crippen LogP contribution in [0.4, 0.5) is 5.69 Å². The summed E-state index contributed by atoms with van der Waals surface area (Å²) in [5, 5.41) is 0.910. The molecule has 2 aromatic heterocycles. The lowest BCUT2D eigenvalue weighted by molar-refractivity contribution is 0.123. The van der Waals surface area contributed by atoms with Crippen molar-refractivity contribution in [1.82, 2.24) is 19.9 Å². The van der Waals surface area contributed by atoms with Crippen molar-refractivity contribution in [3.63, 3.8) is 0 Å². The van der Waals surface area contributed by atoms with E-state index in [1.54, 1.807) is 18.4 Å². The number of H-pyrrole nitrogens is 1. The number of aromatic amines is 1. The van der Waals surface area contributed by atoms with E-state index in [4.69, 9.17) is 19.4 Å². The summed E-state index contributed by atoms with van der Waals surface area (Å²) in [7, 11) is 1.70. The number of hydrogen-bond acceptors (Lipinski definition) is 7. The van der Waals surface area contributed by atoms with E-state index >= 15 is 0 Å². The van der Waals surface area contributed by atoms with Crippen LogP contribution < -0.4 is 9.64 Å². The predicted molar refractivity (Wildman–Crippen MR) is 131 cm³/mol. The van der Waals surface area contributed by atoms with Crippen molar-refractivity contribution in [3.8, 4) is 16.6 Å². The van der Waals surface area contributed by atoms with Crippen LogP contribution in [0.1, 0.15) is 17.0 Å². The largest absolute Gasteiger partial charge is 0.494 e. The summed E-state index contributed by atoms with van der Waals surface area (Å²) in [6, 6.07) is 14.8. The van der Waals surface area contributed by atoms with Crippen molar-refractivity contribution in [2.24, 2.45) is 0 Å². The number of methoxy groups -OCH3 is 1. The summed E-state index contributed by atoms with van der Waals surface area (Å²) in [6.07, 6.45) is 0.950. The van der Waals surface area contributed by atoms with E-state index in [0.29, 0.717) is 0 Å². The van der Waals surface area contributed by atoms with Crippen LogP contribution in [0.2, 0.25) is 0 Å². The number of nitrogens with one attached hydrogen (secondary N) is 1. The first-order chi connectivity index (χ1) is 16.3. The summed E-state index contributed by atoms with van der Waals surface area (Å²) in [4.78, 5) is 18.3. The molecule has 6 rings (SSSR count). The molecule has 0 unspecified atom stereocenters. The number of anilines is 1. The highest BCUT2D eigenvalue weighted by Crippen LogP contribution is 2.40. The molecular formula is C25H27N5O2S. The van der Waals surface area contributed by atoms with E-state index in [2.05, 4.69) is 51.2 Å². The van der Waals surface area contributed by atoms with Crippen LogP contribution in [0.25, 0.3) is 21.0 Å². The van der Waals surface area contributed by atoms with E-state index in [-0.39, 0.29) is 0 Å². The zero-order valence-electron chi connectivity index (χ0n) is 18.7. The number of morpholine rings is 1. The van der Waals surface area contributed by atoms with Crippen molar-refractivity contribution in [2.75, 3.05) is 44.9 Å². The molecular weight excluding hydrogens is 434 g/mol. The number of hydrogen-bond donors (Lipinski definition) is 1. The monoisotopic (exact) mass is 461 g/mol. The van der Waals surface area contributed by atoms with Crippen LogP contribution >= 0.6 is 11.3 Å². The second kappa shape index (κ2) is 8.78. The van der Waals surface area contributed by atoms with Crippen molar-refractivity contribution >= 4 is 27.2 Å². The summed E-state index contributed by atoms with van der Waals surface area (Å²) in [6.45, 7) is 6.14. The molecule has 170 valence electrons. The maximum atomic E-state index is 5.63. The number of aromatic nitrogens is 3. The molecule has 1 N–H and O–H groups in total. The standard InChI is InChI=1S/C25H27N5O2S/c1-31-21-8-7-20(30-11-13-32-14-12-30)23-22(21)28-25(33-23)24-26-18-9-10-29(16-19(18)27-24)15-17-5-3-2-4-6-17/h2-8H,9-16H2,1H3,(H,26,27). The fraction of sp³-hybridized carbons (Fsp3) is 0.360. The van der Waals surface area contributed by atoms with E-state index < -0.39 is 0 Å². The molecule has 4 heterocycles. The Morgan fingerprint density at radius 1 is 1.06 bits per heavy atom. The van der Waals surface area contributed by atoms with Crippen LogP contribution in [0.15, 0.2) is 42.5 Å². The lowest BCUT2D eigenvalue weighted by atomic mass is 10.1. The molecule has 0 radical (unpaired) electrons. The molecule has 0 atom stereocenters. The first kappa shape index (κ1) is 20.7. The molecule has 4 aromatic rings. The molecule has 0 amide bonds.